The summed E-state index contributed by atoms with van der Waals surface area (Å²) < 4.78 is 10.7. The van der Waals surface area contributed by atoms with E-state index >= 15 is 0 Å². The highest BCUT2D eigenvalue weighted by Gasteiger charge is 2.20. The van der Waals surface area contributed by atoms with Crippen LogP contribution >= 0.6 is 11.6 Å². The molecule has 5 nitrogen and oxygen atoms in total. The molecule has 6 heteroatoms. The highest BCUT2D eigenvalue weighted by atomic mass is 35.5. The van der Waals surface area contributed by atoms with Gasteiger partial charge in [0.2, 0.25) is 5.91 Å². The molecule has 26 heavy (non-hydrogen) atoms. The summed E-state index contributed by atoms with van der Waals surface area (Å²) in [6.07, 6.45) is 0.353. The van der Waals surface area contributed by atoms with Gasteiger partial charge in [0.25, 0.3) is 0 Å². The van der Waals surface area contributed by atoms with Gasteiger partial charge in [0, 0.05) is 30.6 Å². The average Bonchev–Trinajstić information content (AvgIpc) is 2.66. The Bertz CT molecular complexity index is 752. The van der Waals surface area contributed by atoms with E-state index in [2.05, 4.69) is 5.32 Å². The molecular weight excluding hydrogens is 352 g/mol. The number of para-hydroxylation sites is 1. The van der Waals surface area contributed by atoms with E-state index in [0.29, 0.717) is 23.7 Å². The summed E-state index contributed by atoms with van der Waals surface area (Å²) in [4.78, 5) is 14.3. The number of amides is 1. The topological polar surface area (TPSA) is 50.8 Å². The molecule has 2 aromatic rings. The van der Waals surface area contributed by atoms with Crippen LogP contribution in [0.1, 0.15) is 24.9 Å². The molecule has 2 rings (SSSR count). The molecule has 0 radical (unpaired) electrons. The Labute approximate surface area is 159 Å². The fraction of sp³-hybridized carbons (Fsp3) is 0.350. The standard InChI is InChI=1S/C20H25ClN2O3/c1-14(16-7-5-6-8-18(16)25-3)23(2)20(24)11-12-22-17-13-15(21)9-10-19(17)26-4/h5-10,13-14,22H,11-12H2,1-4H3. The fourth-order valence-corrected chi connectivity index (χ4v) is 2.91. The summed E-state index contributed by atoms with van der Waals surface area (Å²) in [6.45, 7) is 2.47. The molecule has 0 aliphatic rings. The summed E-state index contributed by atoms with van der Waals surface area (Å²) in [5, 5.41) is 3.82. The Kier molecular flexibility index (Phi) is 7.16. The first-order valence-corrected chi connectivity index (χ1v) is 8.81. The van der Waals surface area contributed by atoms with Crippen LogP contribution in [0, 0.1) is 0 Å². The molecule has 1 atom stereocenters. The number of hydrogen-bond acceptors (Lipinski definition) is 4. The highest BCUT2D eigenvalue weighted by Crippen LogP contribution is 2.29. The lowest BCUT2D eigenvalue weighted by atomic mass is 10.1. The second kappa shape index (κ2) is 9.34. The summed E-state index contributed by atoms with van der Waals surface area (Å²) in [7, 11) is 5.04. The van der Waals surface area contributed by atoms with E-state index in [4.69, 9.17) is 21.1 Å². The van der Waals surface area contributed by atoms with Gasteiger partial charge in [-0.3, -0.25) is 4.79 Å². The van der Waals surface area contributed by atoms with Crippen molar-refractivity contribution in [2.45, 2.75) is 19.4 Å². The minimum atomic E-state index is -0.0839. The number of anilines is 1. The van der Waals surface area contributed by atoms with Crippen molar-refractivity contribution in [2.24, 2.45) is 0 Å². The van der Waals surface area contributed by atoms with E-state index in [1.54, 1.807) is 44.4 Å². The molecule has 0 aliphatic heterocycles. The predicted molar refractivity (Wildman–Crippen MR) is 105 cm³/mol. The van der Waals surface area contributed by atoms with Crippen LogP contribution in [0.15, 0.2) is 42.5 Å². The van der Waals surface area contributed by atoms with E-state index in [1.165, 1.54) is 0 Å². The van der Waals surface area contributed by atoms with Gasteiger partial charge < -0.3 is 19.7 Å². The van der Waals surface area contributed by atoms with Crippen molar-refractivity contribution in [1.29, 1.82) is 0 Å². The van der Waals surface area contributed by atoms with Crippen molar-refractivity contribution in [3.8, 4) is 11.5 Å². The molecular formula is C20H25ClN2O3. The summed E-state index contributed by atoms with van der Waals surface area (Å²) in [5.41, 5.74) is 1.75. The third-order valence-electron chi connectivity index (χ3n) is 4.38. The zero-order valence-electron chi connectivity index (χ0n) is 15.6. The van der Waals surface area contributed by atoms with Crippen LogP contribution in [0.5, 0.6) is 11.5 Å². The lowest BCUT2D eigenvalue weighted by molar-refractivity contribution is -0.131. The molecule has 0 bridgehead atoms. The maximum absolute atomic E-state index is 12.6. The number of benzene rings is 2. The molecule has 0 spiro atoms. The highest BCUT2D eigenvalue weighted by molar-refractivity contribution is 6.30. The van der Waals surface area contributed by atoms with Gasteiger partial charge in [-0.05, 0) is 31.2 Å². The first-order chi connectivity index (χ1) is 12.5. The second-order valence-corrected chi connectivity index (χ2v) is 6.38. The number of rotatable bonds is 8. The van der Waals surface area contributed by atoms with Crippen molar-refractivity contribution >= 4 is 23.2 Å². The second-order valence-electron chi connectivity index (χ2n) is 5.94. The third-order valence-corrected chi connectivity index (χ3v) is 4.61. The zero-order chi connectivity index (χ0) is 19.1. The summed E-state index contributed by atoms with van der Waals surface area (Å²) in [6, 6.07) is 13.0. The molecule has 0 saturated heterocycles. The van der Waals surface area contributed by atoms with Gasteiger partial charge in [-0.15, -0.1) is 0 Å². The zero-order valence-corrected chi connectivity index (χ0v) is 16.3. The van der Waals surface area contributed by atoms with Gasteiger partial charge in [0.1, 0.15) is 11.5 Å². The van der Waals surface area contributed by atoms with Crippen LogP contribution in [0.2, 0.25) is 5.02 Å². The number of carbonyl (C=O) groups is 1. The maximum Gasteiger partial charge on any atom is 0.224 e. The van der Waals surface area contributed by atoms with Crippen molar-refractivity contribution in [1.82, 2.24) is 4.90 Å². The third kappa shape index (κ3) is 4.82. The number of nitrogens with zero attached hydrogens (tertiary/aromatic N) is 1. The molecule has 1 N–H and O–H groups in total. The number of halogens is 1. The number of methoxy groups -OCH3 is 2. The molecule has 0 saturated carbocycles. The number of hydrogen-bond donors (Lipinski definition) is 1. The van der Waals surface area contributed by atoms with Gasteiger partial charge in [0.15, 0.2) is 0 Å². The van der Waals surface area contributed by atoms with Crippen molar-refractivity contribution in [3.05, 3.63) is 53.1 Å². The molecule has 0 heterocycles. The molecule has 140 valence electrons. The Morgan fingerprint density at radius 2 is 1.85 bits per heavy atom. The van der Waals surface area contributed by atoms with Crippen molar-refractivity contribution in [3.63, 3.8) is 0 Å². The quantitative estimate of drug-likeness (QED) is 0.742. The number of carbonyl (C=O) groups excluding carboxylic acids is 1. The van der Waals surface area contributed by atoms with Crippen LogP contribution in [0.3, 0.4) is 0 Å². The van der Waals surface area contributed by atoms with Gasteiger partial charge in [-0.25, -0.2) is 0 Å². The maximum atomic E-state index is 12.6. The van der Waals surface area contributed by atoms with E-state index in [-0.39, 0.29) is 11.9 Å². The van der Waals surface area contributed by atoms with Gasteiger partial charge in [0.05, 0.1) is 25.9 Å². The van der Waals surface area contributed by atoms with Gasteiger partial charge in [-0.2, -0.15) is 0 Å². The lowest BCUT2D eigenvalue weighted by Gasteiger charge is -2.26. The fourth-order valence-electron chi connectivity index (χ4n) is 2.73. The minimum absolute atomic E-state index is 0.0388. The molecule has 0 aromatic heterocycles. The minimum Gasteiger partial charge on any atom is -0.496 e. The summed E-state index contributed by atoms with van der Waals surface area (Å²) in [5.74, 6) is 1.51. The predicted octanol–water partition coefficient (Wildman–Crippen LogP) is 4.38. The van der Waals surface area contributed by atoms with E-state index in [9.17, 15) is 4.79 Å². The van der Waals surface area contributed by atoms with Gasteiger partial charge in [-0.1, -0.05) is 29.8 Å². The van der Waals surface area contributed by atoms with Crippen LogP contribution in [0.25, 0.3) is 0 Å². The first kappa shape index (κ1) is 19.9. The van der Waals surface area contributed by atoms with Crippen LogP contribution in [0.4, 0.5) is 5.69 Å². The van der Waals surface area contributed by atoms with E-state index in [0.717, 1.165) is 17.0 Å². The molecule has 2 aromatic carbocycles. The normalized spacial score (nSPS) is 11.6. The SMILES string of the molecule is COc1ccc(Cl)cc1NCCC(=O)N(C)C(C)c1ccccc1OC. The Hall–Kier alpha value is -2.40. The average molecular weight is 377 g/mol. The smallest absolute Gasteiger partial charge is 0.224 e. The largest absolute Gasteiger partial charge is 0.496 e. The van der Waals surface area contributed by atoms with Crippen LogP contribution in [-0.4, -0.2) is 38.6 Å². The summed E-state index contributed by atoms with van der Waals surface area (Å²) >= 11 is 6.02. The Morgan fingerprint density at radius 3 is 2.54 bits per heavy atom. The number of nitrogens with one attached hydrogen (secondary N) is 1. The lowest BCUT2D eigenvalue weighted by Crippen LogP contribution is -2.31. The van der Waals surface area contributed by atoms with Crippen LogP contribution in [-0.2, 0) is 4.79 Å². The van der Waals surface area contributed by atoms with E-state index < -0.39 is 0 Å². The molecule has 1 unspecified atom stereocenters. The molecule has 0 fully saturated rings. The van der Waals surface area contributed by atoms with E-state index in [1.807, 2.05) is 31.2 Å². The van der Waals surface area contributed by atoms with Crippen LogP contribution < -0.4 is 14.8 Å². The molecule has 0 aliphatic carbocycles. The van der Waals surface area contributed by atoms with Crippen molar-refractivity contribution < 1.29 is 14.3 Å². The van der Waals surface area contributed by atoms with Crippen molar-refractivity contribution in [2.75, 3.05) is 33.1 Å². The first-order valence-electron chi connectivity index (χ1n) is 8.44. The Morgan fingerprint density at radius 1 is 1.15 bits per heavy atom. The van der Waals surface area contributed by atoms with Gasteiger partial charge >= 0.3 is 0 Å². The monoisotopic (exact) mass is 376 g/mol. The molecule has 1 amide bonds. The number of ether oxygens (including phenoxy) is 2. The Balaban J connectivity index is 1.96.